The van der Waals surface area contributed by atoms with E-state index in [2.05, 4.69) is 15.5 Å². The van der Waals surface area contributed by atoms with Gasteiger partial charge in [0.2, 0.25) is 0 Å². The van der Waals surface area contributed by atoms with Crippen LogP contribution in [0.3, 0.4) is 0 Å². The summed E-state index contributed by atoms with van der Waals surface area (Å²) >= 11 is 0. The van der Waals surface area contributed by atoms with Crippen LogP contribution in [0.1, 0.15) is 56.2 Å². The van der Waals surface area contributed by atoms with E-state index in [1.165, 1.54) is 0 Å². The Morgan fingerprint density at radius 2 is 2.00 bits per heavy atom. The van der Waals surface area contributed by atoms with Gasteiger partial charge in [0.05, 0.1) is 5.92 Å². The predicted molar refractivity (Wildman–Crippen MR) is 75.6 cm³/mol. The number of amides is 1. The van der Waals surface area contributed by atoms with Crippen molar-refractivity contribution in [2.75, 3.05) is 6.54 Å². The molecule has 0 radical (unpaired) electrons. The quantitative estimate of drug-likeness (QED) is 0.712. The SMILES string of the molecule is CC(C)CC(CNC(=O)c1cc(C(C)C)[nH]n1)C(=O)O. The fourth-order valence-corrected chi connectivity index (χ4v) is 1.90. The van der Waals surface area contributed by atoms with Crippen molar-refractivity contribution in [3.05, 3.63) is 17.5 Å². The summed E-state index contributed by atoms with van der Waals surface area (Å²) in [6.07, 6.45) is 0.535. The molecule has 1 rings (SSSR count). The van der Waals surface area contributed by atoms with Crippen molar-refractivity contribution < 1.29 is 14.7 Å². The lowest BCUT2D eigenvalue weighted by Gasteiger charge is -2.14. The van der Waals surface area contributed by atoms with E-state index < -0.39 is 11.9 Å². The molecule has 20 heavy (non-hydrogen) atoms. The molecule has 0 spiro atoms. The Morgan fingerprint density at radius 3 is 2.45 bits per heavy atom. The van der Waals surface area contributed by atoms with Gasteiger partial charge >= 0.3 is 5.97 Å². The summed E-state index contributed by atoms with van der Waals surface area (Å²) in [5.41, 5.74) is 1.18. The minimum absolute atomic E-state index is 0.121. The van der Waals surface area contributed by atoms with Crippen LogP contribution in [-0.4, -0.2) is 33.7 Å². The normalized spacial score (nSPS) is 12.7. The Hall–Kier alpha value is -1.85. The molecule has 1 heterocycles. The van der Waals surface area contributed by atoms with Gasteiger partial charge in [0, 0.05) is 12.2 Å². The highest BCUT2D eigenvalue weighted by Gasteiger charge is 2.20. The Kier molecular flexibility index (Phi) is 5.73. The van der Waals surface area contributed by atoms with Gasteiger partial charge in [-0.05, 0) is 24.3 Å². The third kappa shape index (κ3) is 4.68. The number of rotatable bonds is 7. The van der Waals surface area contributed by atoms with Crippen molar-refractivity contribution in [1.82, 2.24) is 15.5 Å². The molecule has 1 unspecified atom stereocenters. The van der Waals surface area contributed by atoms with Gasteiger partial charge in [-0.2, -0.15) is 5.10 Å². The number of nitrogens with zero attached hydrogens (tertiary/aromatic N) is 1. The number of hydrogen-bond acceptors (Lipinski definition) is 3. The van der Waals surface area contributed by atoms with E-state index in [1.807, 2.05) is 27.7 Å². The van der Waals surface area contributed by atoms with Gasteiger partial charge in [0.15, 0.2) is 0 Å². The van der Waals surface area contributed by atoms with Crippen LogP contribution in [0, 0.1) is 11.8 Å². The first kappa shape index (κ1) is 16.2. The first-order chi connectivity index (χ1) is 9.31. The van der Waals surface area contributed by atoms with Crippen molar-refractivity contribution in [1.29, 1.82) is 0 Å². The highest BCUT2D eigenvalue weighted by molar-refractivity contribution is 5.92. The Morgan fingerprint density at radius 1 is 1.35 bits per heavy atom. The molecule has 6 nitrogen and oxygen atoms in total. The molecule has 1 aromatic rings. The van der Waals surface area contributed by atoms with Crippen molar-refractivity contribution in [3.8, 4) is 0 Å². The zero-order chi connectivity index (χ0) is 15.3. The summed E-state index contributed by atoms with van der Waals surface area (Å²) < 4.78 is 0. The minimum atomic E-state index is -0.885. The molecule has 0 aliphatic rings. The van der Waals surface area contributed by atoms with Crippen LogP contribution < -0.4 is 5.32 Å². The molecular formula is C14H23N3O3. The number of hydrogen-bond donors (Lipinski definition) is 3. The number of carboxylic acids is 1. The van der Waals surface area contributed by atoms with Gasteiger partial charge in [-0.3, -0.25) is 14.7 Å². The molecule has 1 amide bonds. The van der Waals surface area contributed by atoms with E-state index >= 15 is 0 Å². The van der Waals surface area contributed by atoms with Crippen LogP contribution >= 0.6 is 0 Å². The van der Waals surface area contributed by atoms with Gasteiger partial charge in [-0.1, -0.05) is 27.7 Å². The van der Waals surface area contributed by atoms with Gasteiger partial charge in [0.1, 0.15) is 5.69 Å². The lowest BCUT2D eigenvalue weighted by molar-refractivity contribution is -0.142. The standard InChI is InChI=1S/C14H23N3O3/c1-8(2)5-10(14(19)20)7-15-13(18)12-6-11(9(3)4)16-17-12/h6,8-10H,5,7H2,1-4H3,(H,15,18)(H,16,17)(H,19,20). The molecule has 0 bridgehead atoms. The highest BCUT2D eigenvalue weighted by Crippen LogP contribution is 2.13. The number of aliphatic carboxylic acids is 1. The first-order valence-electron chi connectivity index (χ1n) is 6.87. The average molecular weight is 281 g/mol. The van der Waals surface area contributed by atoms with Gasteiger partial charge < -0.3 is 10.4 Å². The summed E-state index contributed by atoms with van der Waals surface area (Å²) in [7, 11) is 0. The number of carboxylic acid groups (broad SMARTS) is 1. The maximum Gasteiger partial charge on any atom is 0.308 e. The zero-order valence-corrected chi connectivity index (χ0v) is 12.4. The molecule has 0 saturated carbocycles. The lowest BCUT2D eigenvalue weighted by Crippen LogP contribution is -2.33. The summed E-state index contributed by atoms with van der Waals surface area (Å²) in [6.45, 7) is 8.04. The fourth-order valence-electron chi connectivity index (χ4n) is 1.90. The second kappa shape index (κ2) is 7.07. The molecule has 1 atom stereocenters. The third-order valence-corrected chi connectivity index (χ3v) is 3.07. The Balaban J connectivity index is 2.58. The highest BCUT2D eigenvalue weighted by atomic mass is 16.4. The van der Waals surface area contributed by atoms with Gasteiger partial charge in [-0.25, -0.2) is 0 Å². The molecular weight excluding hydrogens is 258 g/mol. The average Bonchev–Trinajstić information content (AvgIpc) is 2.82. The fraction of sp³-hybridized carbons (Fsp3) is 0.643. The Bertz CT molecular complexity index is 466. The molecule has 6 heteroatoms. The molecule has 0 aromatic carbocycles. The topological polar surface area (TPSA) is 95.1 Å². The monoisotopic (exact) mass is 281 g/mol. The lowest BCUT2D eigenvalue weighted by atomic mass is 9.97. The first-order valence-corrected chi connectivity index (χ1v) is 6.87. The van der Waals surface area contributed by atoms with E-state index in [4.69, 9.17) is 5.11 Å². The van der Waals surface area contributed by atoms with Crippen LogP contribution in [0.4, 0.5) is 0 Å². The number of H-pyrrole nitrogens is 1. The molecule has 0 aliphatic carbocycles. The second-order valence-corrected chi connectivity index (χ2v) is 5.74. The number of aromatic amines is 1. The number of carbonyl (C=O) groups excluding carboxylic acids is 1. The molecule has 112 valence electrons. The van der Waals surface area contributed by atoms with Crippen LogP contribution in [0.15, 0.2) is 6.07 Å². The summed E-state index contributed by atoms with van der Waals surface area (Å²) in [5.74, 6) is -1.27. The molecule has 0 fully saturated rings. The van der Waals surface area contributed by atoms with Crippen molar-refractivity contribution in [3.63, 3.8) is 0 Å². The van der Waals surface area contributed by atoms with Crippen LogP contribution in [0.2, 0.25) is 0 Å². The maximum atomic E-state index is 11.9. The van der Waals surface area contributed by atoms with Crippen LogP contribution in [0.5, 0.6) is 0 Å². The van der Waals surface area contributed by atoms with Crippen molar-refractivity contribution >= 4 is 11.9 Å². The number of carbonyl (C=O) groups is 2. The molecule has 0 aliphatic heterocycles. The van der Waals surface area contributed by atoms with E-state index in [9.17, 15) is 9.59 Å². The number of nitrogens with one attached hydrogen (secondary N) is 2. The zero-order valence-electron chi connectivity index (χ0n) is 12.4. The summed E-state index contributed by atoms with van der Waals surface area (Å²) in [4.78, 5) is 23.0. The van der Waals surface area contributed by atoms with Crippen LogP contribution in [0.25, 0.3) is 0 Å². The predicted octanol–water partition coefficient (Wildman–Crippen LogP) is 2.01. The molecule has 0 saturated heterocycles. The largest absolute Gasteiger partial charge is 0.481 e. The summed E-state index contributed by atoms with van der Waals surface area (Å²) in [6, 6.07) is 1.69. The van der Waals surface area contributed by atoms with E-state index in [0.29, 0.717) is 12.1 Å². The van der Waals surface area contributed by atoms with Crippen molar-refractivity contribution in [2.45, 2.75) is 40.0 Å². The van der Waals surface area contributed by atoms with Crippen LogP contribution in [-0.2, 0) is 4.79 Å². The van der Waals surface area contributed by atoms with E-state index in [-0.39, 0.29) is 24.3 Å². The van der Waals surface area contributed by atoms with Gasteiger partial charge in [0.25, 0.3) is 5.91 Å². The van der Waals surface area contributed by atoms with E-state index in [0.717, 1.165) is 5.69 Å². The van der Waals surface area contributed by atoms with Crippen molar-refractivity contribution in [2.24, 2.45) is 11.8 Å². The second-order valence-electron chi connectivity index (χ2n) is 5.74. The maximum absolute atomic E-state index is 11.9. The third-order valence-electron chi connectivity index (χ3n) is 3.07. The minimum Gasteiger partial charge on any atom is -0.481 e. The number of aromatic nitrogens is 2. The van der Waals surface area contributed by atoms with Gasteiger partial charge in [-0.15, -0.1) is 0 Å². The summed E-state index contributed by atoms with van der Waals surface area (Å²) in [5, 5.41) is 18.5. The molecule has 3 N–H and O–H groups in total. The smallest absolute Gasteiger partial charge is 0.308 e. The van der Waals surface area contributed by atoms with E-state index in [1.54, 1.807) is 6.07 Å². The Labute approximate surface area is 119 Å². The molecule has 1 aromatic heterocycles.